The molecule has 0 saturated carbocycles. The summed E-state index contributed by atoms with van der Waals surface area (Å²) in [5.41, 5.74) is -0.637. The molecule has 3 atom stereocenters. The third-order valence-electron chi connectivity index (χ3n) is 2.41. The van der Waals surface area contributed by atoms with Gasteiger partial charge in [-0.2, -0.15) is 9.00 Å². The summed E-state index contributed by atoms with van der Waals surface area (Å²) < 4.78 is 16.2. The maximum atomic E-state index is 11.7. The van der Waals surface area contributed by atoms with Gasteiger partial charge in [0, 0.05) is 0 Å². The van der Waals surface area contributed by atoms with Gasteiger partial charge >= 0.3 is 17.4 Å². The van der Waals surface area contributed by atoms with Crippen molar-refractivity contribution in [3.8, 4) is 0 Å². The standard InChI is InChI=1S/C8H15NO4S/c1-6-5-9(7(10)11,8(2,3)4)14(12)13-6/h6H,5H2,1-4H3/p+1/t6-,9?,14?/m0/s1. The molecule has 0 radical (unpaired) electrons. The number of amides is 1. The first-order valence-corrected chi connectivity index (χ1v) is 5.46. The molecule has 1 N–H and O–H groups in total. The molecule has 1 amide bonds. The van der Waals surface area contributed by atoms with E-state index < -0.39 is 26.8 Å². The van der Waals surface area contributed by atoms with Gasteiger partial charge in [0.25, 0.3) is 0 Å². The van der Waals surface area contributed by atoms with E-state index in [2.05, 4.69) is 0 Å². The van der Waals surface area contributed by atoms with E-state index in [4.69, 9.17) is 4.18 Å². The fraction of sp³-hybridized carbons (Fsp3) is 0.875. The smallest absolute Gasteiger partial charge is 0.435 e. The highest BCUT2D eigenvalue weighted by molar-refractivity contribution is 7.74. The number of hydrogen-bond donors (Lipinski definition) is 1. The average molecular weight is 222 g/mol. The quantitative estimate of drug-likeness (QED) is 0.627. The predicted molar refractivity (Wildman–Crippen MR) is 51.6 cm³/mol. The van der Waals surface area contributed by atoms with Crippen molar-refractivity contribution in [1.29, 1.82) is 0 Å². The Kier molecular flexibility index (Phi) is 2.73. The van der Waals surface area contributed by atoms with Gasteiger partial charge in [0.05, 0.1) is 0 Å². The van der Waals surface area contributed by atoms with Gasteiger partial charge in [-0.3, -0.25) is 0 Å². The molecule has 1 saturated heterocycles. The van der Waals surface area contributed by atoms with Crippen LogP contribution < -0.4 is 0 Å². The number of carbonyl (C=O) groups is 1. The lowest BCUT2D eigenvalue weighted by Gasteiger charge is -2.35. The van der Waals surface area contributed by atoms with Crippen molar-refractivity contribution in [2.45, 2.75) is 39.3 Å². The molecule has 1 rings (SSSR count). The lowest BCUT2D eigenvalue weighted by Crippen LogP contribution is -2.62. The third-order valence-corrected chi connectivity index (χ3v) is 4.26. The molecular weight excluding hydrogens is 206 g/mol. The second kappa shape index (κ2) is 3.29. The van der Waals surface area contributed by atoms with Gasteiger partial charge in [0.15, 0.2) is 0 Å². The number of nitrogens with zero attached hydrogens (tertiary/aromatic N) is 1. The Bertz CT molecular complexity index is 286. The molecule has 1 aliphatic heterocycles. The number of quaternary nitrogens is 1. The highest BCUT2D eigenvalue weighted by atomic mass is 32.2. The first kappa shape index (κ1) is 11.6. The first-order chi connectivity index (χ1) is 6.22. The summed E-state index contributed by atoms with van der Waals surface area (Å²) in [5.74, 6) is 0. The Hall–Kier alpha value is -0.460. The van der Waals surface area contributed by atoms with Crippen molar-refractivity contribution < 1.29 is 22.2 Å². The molecular formula is C8H16NO4S+. The Balaban J connectivity index is 3.19. The Labute approximate surface area is 86.0 Å². The monoisotopic (exact) mass is 222 g/mol. The number of hydrogen-bond acceptors (Lipinski definition) is 3. The van der Waals surface area contributed by atoms with Gasteiger partial charge < -0.3 is 5.11 Å². The molecule has 1 fully saturated rings. The van der Waals surface area contributed by atoms with E-state index in [1.54, 1.807) is 27.7 Å². The predicted octanol–water partition coefficient (Wildman–Crippen LogP) is 1.28. The van der Waals surface area contributed by atoms with E-state index in [1.807, 2.05) is 0 Å². The Morgan fingerprint density at radius 3 is 2.21 bits per heavy atom. The maximum Gasteiger partial charge on any atom is 0.529 e. The zero-order chi connectivity index (χ0) is 11.1. The molecule has 6 heteroatoms. The van der Waals surface area contributed by atoms with E-state index in [9.17, 15) is 14.1 Å². The molecule has 82 valence electrons. The summed E-state index contributed by atoms with van der Waals surface area (Å²) in [5, 5.41) is 9.19. The zero-order valence-electron chi connectivity index (χ0n) is 8.81. The van der Waals surface area contributed by atoms with Crippen LogP contribution in [0.1, 0.15) is 27.7 Å². The molecule has 0 aromatic carbocycles. The highest BCUT2D eigenvalue weighted by Crippen LogP contribution is 2.34. The van der Waals surface area contributed by atoms with E-state index in [-0.39, 0.29) is 12.6 Å². The Morgan fingerprint density at radius 2 is 2.07 bits per heavy atom. The first-order valence-electron chi connectivity index (χ1n) is 4.43. The fourth-order valence-corrected chi connectivity index (χ4v) is 2.99. The molecule has 2 unspecified atom stereocenters. The molecule has 0 aliphatic carbocycles. The fourth-order valence-electron chi connectivity index (χ4n) is 1.59. The van der Waals surface area contributed by atoms with E-state index >= 15 is 0 Å². The van der Waals surface area contributed by atoms with Crippen LogP contribution in [0.3, 0.4) is 0 Å². The lowest BCUT2D eigenvalue weighted by atomic mass is 10.1. The number of carboxylic acid groups (broad SMARTS) is 1. The van der Waals surface area contributed by atoms with Gasteiger partial charge in [0.2, 0.25) is 0 Å². The molecule has 0 aromatic rings. The van der Waals surface area contributed by atoms with E-state index in [0.717, 1.165) is 0 Å². The van der Waals surface area contributed by atoms with Crippen LogP contribution in [-0.2, 0) is 15.4 Å². The van der Waals surface area contributed by atoms with Crippen LogP contribution in [0.25, 0.3) is 0 Å². The molecule has 1 aliphatic rings. The molecule has 5 nitrogen and oxygen atoms in total. The van der Waals surface area contributed by atoms with Crippen molar-refractivity contribution in [3.63, 3.8) is 0 Å². The maximum absolute atomic E-state index is 11.7. The third kappa shape index (κ3) is 1.47. The van der Waals surface area contributed by atoms with Crippen molar-refractivity contribution >= 4 is 17.4 Å². The molecule has 0 bridgehead atoms. The SMILES string of the molecule is C[C@H]1C[N+](C(=O)O)(C(C)(C)C)S(=O)O1. The normalized spacial score (nSPS) is 38.6. The minimum Gasteiger partial charge on any atom is -0.435 e. The summed E-state index contributed by atoms with van der Waals surface area (Å²) >= 11 is -1.81. The van der Waals surface area contributed by atoms with E-state index in [0.29, 0.717) is 0 Å². The molecule has 14 heavy (non-hydrogen) atoms. The van der Waals surface area contributed by atoms with Crippen molar-refractivity contribution in [3.05, 3.63) is 0 Å². The van der Waals surface area contributed by atoms with Crippen LogP contribution >= 0.6 is 0 Å². The molecule has 0 aromatic heterocycles. The second-order valence-electron chi connectivity index (χ2n) is 4.50. The average Bonchev–Trinajstić information content (AvgIpc) is 2.24. The topological polar surface area (TPSA) is 63.6 Å². The van der Waals surface area contributed by atoms with Crippen LogP contribution in [0.5, 0.6) is 0 Å². The highest BCUT2D eigenvalue weighted by Gasteiger charge is 2.60. The zero-order valence-corrected chi connectivity index (χ0v) is 9.63. The minimum atomic E-state index is -1.81. The van der Waals surface area contributed by atoms with Crippen LogP contribution in [-0.4, -0.2) is 37.5 Å². The van der Waals surface area contributed by atoms with Crippen LogP contribution in [0, 0.1) is 0 Å². The van der Waals surface area contributed by atoms with Crippen molar-refractivity contribution in [1.82, 2.24) is 0 Å². The second-order valence-corrected chi connectivity index (χ2v) is 5.75. The Morgan fingerprint density at radius 1 is 1.57 bits per heavy atom. The van der Waals surface area contributed by atoms with Crippen molar-refractivity contribution in [2.24, 2.45) is 0 Å². The van der Waals surface area contributed by atoms with E-state index in [1.165, 1.54) is 0 Å². The number of rotatable bonds is 0. The summed E-state index contributed by atoms with van der Waals surface area (Å²) in [4.78, 5) is 11.2. The van der Waals surface area contributed by atoms with Gasteiger partial charge in [-0.05, 0) is 27.7 Å². The summed E-state index contributed by atoms with van der Waals surface area (Å²) in [7, 11) is 0. The largest absolute Gasteiger partial charge is 0.529 e. The summed E-state index contributed by atoms with van der Waals surface area (Å²) in [6, 6.07) is 0. The lowest BCUT2D eigenvalue weighted by molar-refractivity contribution is -0.775. The van der Waals surface area contributed by atoms with Gasteiger partial charge in [-0.25, -0.2) is 4.18 Å². The summed E-state index contributed by atoms with van der Waals surface area (Å²) in [6.45, 7) is 7.22. The molecule has 1 heterocycles. The van der Waals surface area contributed by atoms with Crippen LogP contribution in [0.2, 0.25) is 0 Å². The minimum absolute atomic E-state index is 0.242. The van der Waals surface area contributed by atoms with Gasteiger partial charge in [0.1, 0.15) is 18.2 Å². The van der Waals surface area contributed by atoms with Crippen LogP contribution in [0.15, 0.2) is 0 Å². The van der Waals surface area contributed by atoms with Crippen LogP contribution in [0.4, 0.5) is 4.79 Å². The van der Waals surface area contributed by atoms with Gasteiger partial charge in [-0.1, -0.05) is 0 Å². The molecule has 0 spiro atoms. The van der Waals surface area contributed by atoms with Gasteiger partial charge in [-0.15, -0.1) is 3.89 Å². The van der Waals surface area contributed by atoms with Crippen molar-refractivity contribution in [2.75, 3.05) is 6.54 Å². The summed E-state index contributed by atoms with van der Waals surface area (Å²) in [6.07, 6.45) is -1.38.